The lowest BCUT2D eigenvalue weighted by Gasteiger charge is -2.16. The Hall–Kier alpha value is -0.320. The number of halogens is 1. The van der Waals surface area contributed by atoms with Crippen LogP contribution in [0.3, 0.4) is 0 Å². The Morgan fingerprint density at radius 3 is 2.58 bits per heavy atom. The summed E-state index contributed by atoms with van der Waals surface area (Å²) >= 11 is 0. The van der Waals surface area contributed by atoms with E-state index in [2.05, 4.69) is 5.32 Å². The molecule has 1 aliphatic heterocycles. The Bertz CT molecular complexity index is 165. The van der Waals surface area contributed by atoms with E-state index in [-0.39, 0.29) is 30.5 Å². The van der Waals surface area contributed by atoms with E-state index in [1.165, 1.54) is 0 Å². The number of likely N-dealkylation sites (N-methyl/N-ethyl adjacent to an activating group) is 2. The van der Waals surface area contributed by atoms with Crippen LogP contribution in [0.4, 0.5) is 0 Å². The number of likely N-dealkylation sites (tertiary alicyclic amines) is 1. The zero-order valence-electron chi connectivity index (χ0n) is 7.28. The summed E-state index contributed by atoms with van der Waals surface area (Å²) in [6.07, 6.45) is 0.207. The lowest BCUT2D eigenvalue weighted by Crippen LogP contribution is -2.39. The molecule has 0 spiro atoms. The van der Waals surface area contributed by atoms with E-state index in [1.54, 1.807) is 7.05 Å². The zero-order valence-corrected chi connectivity index (χ0v) is 8.10. The summed E-state index contributed by atoms with van der Waals surface area (Å²) in [5.41, 5.74) is 0. The van der Waals surface area contributed by atoms with Crippen LogP contribution in [0.5, 0.6) is 0 Å². The van der Waals surface area contributed by atoms with E-state index >= 15 is 0 Å². The molecule has 1 fully saturated rings. The summed E-state index contributed by atoms with van der Waals surface area (Å²) in [6, 6.07) is -0.144. The molecule has 4 nitrogen and oxygen atoms in total. The van der Waals surface area contributed by atoms with Crippen LogP contribution in [0.2, 0.25) is 0 Å². The van der Waals surface area contributed by atoms with Crippen LogP contribution in [0.25, 0.3) is 0 Å². The molecule has 2 atom stereocenters. The summed E-state index contributed by atoms with van der Waals surface area (Å²) in [5, 5.41) is 11.8. The summed E-state index contributed by atoms with van der Waals surface area (Å²) in [7, 11) is 3.46. The van der Waals surface area contributed by atoms with Gasteiger partial charge in [0.25, 0.3) is 0 Å². The Balaban J connectivity index is 0.00000121. The molecule has 0 aliphatic carbocycles. The highest BCUT2D eigenvalue weighted by atomic mass is 35.5. The molecule has 0 saturated carbocycles. The molecule has 0 unspecified atom stereocenters. The second-order valence-corrected chi connectivity index (χ2v) is 2.96. The molecule has 5 heteroatoms. The van der Waals surface area contributed by atoms with E-state index < -0.39 is 0 Å². The SMILES string of the molecule is CNC(=O)[C@@H]1C[C@@H](O)CN1C.Cl. The van der Waals surface area contributed by atoms with Gasteiger partial charge in [-0.25, -0.2) is 0 Å². The first-order valence-electron chi connectivity index (χ1n) is 3.75. The maximum atomic E-state index is 11.1. The number of hydrogen-bond acceptors (Lipinski definition) is 3. The highest BCUT2D eigenvalue weighted by Crippen LogP contribution is 2.14. The molecule has 1 rings (SSSR count). The Kier molecular flexibility index (Phi) is 4.52. The minimum absolute atomic E-state index is 0. The third-order valence-electron chi connectivity index (χ3n) is 2.08. The van der Waals surface area contributed by atoms with Gasteiger partial charge in [0.05, 0.1) is 12.1 Å². The lowest BCUT2D eigenvalue weighted by molar-refractivity contribution is -0.124. The van der Waals surface area contributed by atoms with Gasteiger partial charge in [0.2, 0.25) is 5.91 Å². The van der Waals surface area contributed by atoms with E-state index in [1.807, 2.05) is 11.9 Å². The van der Waals surface area contributed by atoms with Crippen molar-refractivity contribution in [3.63, 3.8) is 0 Å². The number of carbonyl (C=O) groups excluding carboxylic acids is 1. The molecular formula is C7H15ClN2O2. The first kappa shape index (κ1) is 11.7. The van der Waals surface area contributed by atoms with Crippen molar-refractivity contribution in [1.82, 2.24) is 10.2 Å². The maximum absolute atomic E-state index is 11.1. The van der Waals surface area contributed by atoms with E-state index in [0.29, 0.717) is 13.0 Å². The molecular weight excluding hydrogens is 180 g/mol. The van der Waals surface area contributed by atoms with Crippen molar-refractivity contribution >= 4 is 18.3 Å². The van der Waals surface area contributed by atoms with Crippen molar-refractivity contribution in [3.8, 4) is 0 Å². The van der Waals surface area contributed by atoms with Gasteiger partial charge in [-0.05, 0) is 13.5 Å². The molecule has 0 aromatic rings. The highest BCUT2D eigenvalue weighted by Gasteiger charge is 2.32. The Morgan fingerprint density at radius 2 is 2.25 bits per heavy atom. The molecule has 1 saturated heterocycles. The normalized spacial score (nSPS) is 29.6. The summed E-state index contributed by atoms with van der Waals surface area (Å²) < 4.78 is 0. The van der Waals surface area contributed by atoms with Gasteiger partial charge in [-0.1, -0.05) is 0 Å². The van der Waals surface area contributed by atoms with Crippen molar-refractivity contribution in [2.75, 3.05) is 20.6 Å². The largest absolute Gasteiger partial charge is 0.392 e. The Morgan fingerprint density at radius 1 is 1.67 bits per heavy atom. The van der Waals surface area contributed by atoms with Crippen LogP contribution in [0.15, 0.2) is 0 Å². The smallest absolute Gasteiger partial charge is 0.237 e. The number of rotatable bonds is 1. The molecule has 0 radical (unpaired) electrons. The predicted molar refractivity (Wildman–Crippen MR) is 48.4 cm³/mol. The van der Waals surface area contributed by atoms with Crippen molar-refractivity contribution < 1.29 is 9.90 Å². The van der Waals surface area contributed by atoms with Gasteiger partial charge in [0.1, 0.15) is 0 Å². The van der Waals surface area contributed by atoms with E-state index in [9.17, 15) is 9.90 Å². The van der Waals surface area contributed by atoms with Crippen LogP contribution >= 0.6 is 12.4 Å². The van der Waals surface area contributed by atoms with Crippen molar-refractivity contribution in [2.45, 2.75) is 18.6 Å². The molecule has 0 aromatic heterocycles. The summed E-state index contributed by atoms with van der Waals surface area (Å²) in [6.45, 7) is 0.595. The monoisotopic (exact) mass is 194 g/mol. The van der Waals surface area contributed by atoms with Crippen LogP contribution in [0, 0.1) is 0 Å². The van der Waals surface area contributed by atoms with Crippen LogP contribution in [0.1, 0.15) is 6.42 Å². The highest BCUT2D eigenvalue weighted by molar-refractivity contribution is 5.85. The van der Waals surface area contributed by atoms with Crippen molar-refractivity contribution in [2.24, 2.45) is 0 Å². The molecule has 72 valence electrons. The fourth-order valence-corrected chi connectivity index (χ4v) is 1.45. The van der Waals surface area contributed by atoms with Gasteiger partial charge in [-0.3, -0.25) is 9.69 Å². The molecule has 12 heavy (non-hydrogen) atoms. The van der Waals surface area contributed by atoms with Gasteiger partial charge >= 0.3 is 0 Å². The second kappa shape index (κ2) is 4.64. The van der Waals surface area contributed by atoms with Gasteiger partial charge in [-0.2, -0.15) is 0 Å². The average Bonchev–Trinajstić information content (AvgIpc) is 2.28. The van der Waals surface area contributed by atoms with Crippen LogP contribution in [-0.2, 0) is 4.79 Å². The fraction of sp³-hybridized carbons (Fsp3) is 0.857. The van der Waals surface area contributed by atoms with Crippen molar-refractivity contribution in [3.05, 3.63) is 0 Å². The van der Waals surface area contributed by atoms with Crippen molar-refractivity contribution in [1.29, 1.82) is 0 Å². The minimum atomic E-state index is -0.345. The minimum Gasteiger partial charge on any atom is -0.392 e. The van der Waals surface area contributed by atoms with Gasteiger partial charge in [0.15, 0.2) is 0 Å². The third-order valence-corrected chi connectivity index (χ3v) is 2.08. The quantitative estimate of drug-likeness (QED) is 0.576. The first-order valence-corrected chi connectivity index (χ1v) is 3.75. The predicted octanol–water partition coefficient (Wildman–Crippen LogP) is -0.781. The standard InChI is InChI=1S/C7H14N2O2.ClH/c1-8-7(11)6-3-5(10)4-9(6)2;/h5-6,10H,3-4H2,1-2H3,(H,8,11);1H/t5-,6+;/m1./s1. The fourth-order valence-electron chi connectivity index (χ4n) is 1.45. The van der Waals surface area contributed by atoms with Crippen LogP contribution < -0.4 is 5.32 Å². The number of β-amino-alcohol motifs (C(OH)–C–C–N with tert-alkyl or cyclic N) is 1. The molecule has 1 aliphatic rings. The Labute approximate surface area is 78.3 Å². The number of carbonyl (C=O) groups is 1. The number of nitrogens with one attached hydrogen (secondary N) is 1. The number of hydrogen-bond donors (Lipinski definition) is 2. The second-order valence-electron chi connectivity index (χ2n) is 2.96. The third kappa shape index (κ3) is 2.33. The number of amides is 1. The van der Waals surface area contributed by atoms with Crippen LogP contribution in [-0.4, -0.2) is 48.7 Å². The average molecular weight is 195 g/mol. The maximum Gasteiger partial charge on any atom is 0.237 e. The molecule has 1 heterocycles. The molecule has 1 amide bonds. The molecule has 0 bridgehead atoms. The van der Waals surface area contributed by atoms with E-state index in [4.69, 9.17) is 0 Å². The van der Waals surface area contributed by atoms with E-state index in [0.717, 1.165) is 0 Å². The van der Waals surface area contributed by atoms with Gasteiger partial charge in [-0.15, -0.1) is 12.4 Å². The van der Waals surface area contributed by atoms with Gasteiger partial charge < -0.3 is 10.4 Å². The lowest BCUT2D eigenvalue weighted by atomic mass is 10.2. The summed E-state index contributed by atoms with van der Waals surface area (Å²) in [4.78, 5) is 13.0. The number of aliphatic hydroxyl groups excluding tert-OH is 1. The summed E-state index contributed by atoms with van der Waals surface area (Å²) in [5.74, 6) is -0.0101. The number of aliphatic hydroxyl groups is 1. The topological polar surface area (TPSA) is 52.6 Å². The zero-order chi connectivity index (χ0) is 8.43. The number of nitrogens with zero attached hydrogens (tertiary/aromatic N) is 1. The molecule has 2 N–H and O–H groups in total. The first-order chi connectivity index (χ1) is 5.15. The van der Waals surface area contributed by atoms with Gasteiger partial charge in [0, 0.05) is 13.6 Å². The molecule has 0 aromatic carbocycles.